The van der Waals surface area contributed by atoms with Crippen LogP contribution in [0.25, 0.3) is 15.5 Å². The largest absolute Gasteiger partial charge is 0.497 e. The van der Waals surface area contributed by atoms with Gasteiger partial charge in [0.2, 0.25) is 4.96 Å². The van der Waals surface area contributed by atoms with Crippen molar-refractivity contribution in [2.24, 2.45) is 0 Å². The van der Waals surface area contributed by atoms with Gasteiger partial charge in [-0.2, -0.15) is 9.61 Å². The number of nitrogens with zero attached hydrogens (tertiary/aromatic N) is 5. The van der Waals surface area contributed by atoms with E-state index in [1.54, 1.807) is 24.1 Å². The molecule has 2 aromatic heterocycles. The monoisotopic (exact) mass is 490 g/mol. The third-order valence-corrected chi connectivity index (χ3v) is 6.92. The second-order valence-electron chi connectivity index (χ2n) is 8.48. The van der Waals surface area contributed by atoms with Crippen molar-refractivity contribution in [3.05, 3.63) is 76.2 Å². The normalized spacial score (nSPS) is 14.3. The van der Waals surface area contributed by atoms with Gasteiger partial charge in [0.25, 0.3) is 5.56 Å². The number of carbonyl (C=O) groups is 1. The predicted octanol–water partition coefficient (Wildman–Crippen LogP) is 3.48. The van der Waals surface area contributed by atoms with E-state index < -0.39 is 0 Å². The van der Waals surface area contributed by atoms with Crippen LogP contribution in [-0.2, 0) is 6.54 Å². The van der Waals surface area contributed by atoms with Crippen LogP contribution in [0.15, 0.2) is 59.4 Å². The lowest BCUT2D eigenvalue weighted by molar-refractivity contribution is 0.142. The molecule has 4 aromatic rings. The highest BCUT2D eigenvalue weighted by Gasteiger charge is 2.22. The van der Waals surface area contributed by atoms with Crippen LogP contribution in [0.2, 0.25) is 0 Å². The van der Waals surface area contributed by atoms with Gasteiger partial charge in [-0.1, -0.05) is 47.2 Å². The number of piperazine rings is 1. The molecule has 1 saturated heterocycles. The highest BCUT2D eigenvalue weighted by Crippen LogP contribution is 2.24. The second kappa shape index (κ2) is 9.85. The molecule has 5 rings (SSSR count). The zero-order valence-corrected chi connectivity index (χ0v) is 20.4. The molecule has 3 heterocycles. The maximum Gasteiger partial charge on any atom is 0.321 e. The number of ether oxygens (including phenoxy) is 1. The number of fused-ring (bicyclic) bond motifs is 1. The molecule has 1 aliphatic rings. The molecule has 0 bridgehead atoms. The van der Waals surface area contributed by atoms with Crippen molar-refractivity contribution in [2.45, 2.75) is 13.5 Å². The van der Waals surface area contributed by atoms with Gasteiger partial charge < -0.3 is 15.0 Å². The molecule has 0 spiro atoms. The first-order chi connectivity index (χ1) is 17.0. The molecular weight excluding hydrogens is 464 g/mol. The molecule has 10 heteroatoms. The van der Waals surface area contributed by atoms with E-state index in [-0.39, 0.29) is 11.6 Å². The Hall–Kier alpha value is -3.76. The van der Waals surface area contributed by atoms with Gasteiger partial charge in [-0.15, -0.1) is 0 Å². The molecule has 0 saturated carbocycles. The number of carbonyl (C=O) groups excluding carboxylic acids is 1. The van der Waals surface area contributed by atoms with Crippen LogP contribution in [-0.4, -0.2) is 63.7 Å². The van der Waals surface area contributed by atoms with E-state index in [1.807, 2.05) is 49.4 Å². The van der Waals surface area contributed by atoms with E-state index in [1.165, 1.54) is 21.4 Å². The fourth-order valence-electron chi connectivity index (χ4n) is 3.99. The first-order valence-electron chi connectivity index (χ1n) is 11.4. The van der Waals surface area contributed by atoms with Crippen molar-refractivity contribution < 1.29 is 9.53 Å². The fourth-order valence-corrected chi connectivity index (χ4v) is 4.92. The molecule has 0 atom stereocenters. The van der Waals surface area contributed by atoms with Crippen LogP contribution in [0.5, 0.6) is 5.75 Å². The zero-order valence-electron chi connectivity index (χ0n) is 19.6. The molecule has 1 aliphatic heterocycles. The SMILES string of the molecule is COc1cccc(NC(=O)N2CCN(Cc3cc(=O)n4nc(-c5ccc(C)cc5)sc4n3)CC2)c1. The Morgan fingerprint density at radius 1 is 1.09 bits per heavy atom. The lowest BCUT2D eigenvalue weighted by Crippen LogP contribution is -2.49. The van der Waals surface area contributed by atoms with Crippen LogP contribution in [0.4, 0.5) is 10.5 Å². The first-order valence-corrected chi connectivity index (χ1v) is 12.2. The minimum Gasteiger partial charge on any atom is -0.497 e. The molecule has 1 N–H and O–H groups in total. The minimum atomic E-state index is -0.184. The molecule has 0 unspecified atom stereocenters. The van der Waals surface area contributed by atoms with Crippen molar-refractivity contribution in [1.82, 2.24) is 24.4 Å². The second-order valence-corrected chi connectivity index (χ2v) is 9.43. The lowest BCUT2D eigenvalue weighted by Gasteiger charge is -2.34. The third-order valence-electron chi connectivity index (χ3n) is 5.96. The van der Waals surface area contributed by atoms with Crippen molar-refractivity contribution in [1.29, 1.82) is 0 Å². The number of nitrogens with one attached hydrogen (secondary N) is 1. The van der Waals surface area contributed by atoms with Crippen LogP contribution in [0.3, 0.4) is 0 Å². The van der Waals surface area contributed by atoms with Gasteiger partial charge in [0.1, 0.15) is 10.8 Å². The van der Waals surface area contributed by atoms with E-state index in [4.69, 9.17) is 9.72 Å². The summed E-state index contributed by atoms with van der Waals surface area (Å²) < 4.78 is 6.58. The maximum atomic E-state index is 12.7. The first kappa shape index (κ1) is 23.0. The number of hydrogen-bond acceptors (Lipinski definition) is 7. The fraction of sp³-hybridized carbons (Fsp3) is 0.280. The highest BCUT2D eigenvalue weighted by atomic mass is 32.1. The highest BCUT2D eigenvalue weighted by molar-refractivity contribution is 7.19. The topological polar surface area (TPSA) is 92.1 Å². The van der Waals surface area contributed by atoms with Crippen LogP contribution >= 0.6 is 11.3 Å². The van der Waals surface area contributed by atoms with Crippen LogP contribution in [0.1, 0.15) is 11.3 Å². The van der Waals surface area contributed by atoms with Crippen molar-refractivity contribution in [3.63, 3.8) is 0 Å². The molecule has 2 amide bonds. The Balaban J connectivity index is 1.22. The smallest absolute Gasteiger partial charge is 0.321 e. The number of rotatable bonds is 5. The molecule has 0 aliphatic carbocycles. The van der Waals surface area contributed by atoms with E-state index in [9.17, 15) is 9.59 Å². The maximum absolute atomic E-state index is 12.7. The number of urea groups is 1. The number of methoxy groups -OCH3 is 1. The van der Waals surface area contributed by atoms with Gasteiger partial charge >= 0.3 is 6.03 Å². The summed E-state index contributed by atoms with van der Waals surface area (Å²) in [5.41, 5.74) is 3.37. The third kappa shape index (κ3) is 5.18. The van der Waals surface area contributed by atoms with E-state index in [0.717, 1.165) is 10.6 Å². The molecule has 9 nitrogen and oxygen atoms in total. The molecule has 2 aromatic carbocycles. The summed E-state index contributed by atoms with van der Waals surface area (Å²) >= 11 is 1.41. The van der Waals surface area contributed by atoms with Crippen molar-refractivity contribution in [2.75, 3.05) is 38.6 Å². The summed E-state index contributed by atoms with van der Waals surface area (Å²) in [7, 11) is 1.60. The standard InChI is InChI=1S/C25H26N6O3S/c1-17-6-8-18(9-7-17)23-28-31-22(32)15-20(27-25(31)35-23)16-29-10-12-30(13-11-29)24(33)26-19-4-3-5-21(14-19)34-2/h3-9,14-15H,10-13,16H2,1-2H3,(H,26,33). The summed E-state index contributed by atoms with van der Waals surface area (Å²) in [5.74, 6) is 0.694. The van der Waals surface area contributed by atoms with Gasteiger partial charge in [0.15, 0.2) is 0 Å². The summed E-state index contributed by atoms with van der Waals surface area (Å²) in [6, 6.07) is 16.8. The number of hydrogen-bond donors (Lipinski definition) is 1. The summed E-state index contributed by atoms with van der Waals surface area (Å²) in [4.78, 5) is 34.6. The quantitative estimate of drug-likeness (QED) is 0.461. The minimum absolute atomic E-state index is 0.135. The van der Waals surface area contributed by atoms with Gasteiger partial charge in [-0.05, 0) is 19.1 Å². The number of benzene rings is 2. The summed E-state index contributed by atoms with van der Waals surface area (Å²) in [6.45, 7) is 5.17. The molecule has 35 heavy (non-hydrogen) atoms. The predicted molar refractivity (Wildman–Crippen MR) is 136 cm³/mol. The van der Waals surface area contributed by atoms with E-state index in [2.05, 4.69) is 15.3 Å². The Bertz CT molecular complexity index is 1410. The Kier molecular flexibility index (Phi) is 6.47. The average molecular weight is 491 g/mol. The Morgan fingerprint density at radius 2 is 1.86 bits per heavy atom. The summed E-state index contributed by atoms with van der Waals surface area (Å²) in [5, 5.41) is 8.15. The van der Waals surface area contributed by atoms with Crippen molar-refractivity contribution in [3.8, 4) is 16.3 Å². The number of amides is 2. The zero-order chi connectivity index (χ0) is 24.4. The number of aromatic nitrogens is 3. The van der Waals surface area contributed by atoms with E-state index >= 15 is 0 Å². The lowest BCUT2D eigenvalue weighted by atomic mass is 10.2. The van der Waals surface area contributed by atoms with Crippen LogP contribution in [0, 0.1) is 6.92 Å². The van der Waals surface area contributed by atoms with Gasteiger partial charge in [0, 0.05) is 56.1 Å². The molecule has 180 valence electrons. The average Bonchev–Trinajstić information content (AvgIpc) is 3.30. The molecule has 1 fully saturated rings. The molecule has 0 radical (unpaired) electrons. The number of anilines is 1. The Labute approximate surface area is 206 Å². The van der Waals surface area contributed by atoms with E-state index in [0.29, 0.717) is 54.8 Å². The van der Waals surface area contributed by atoms with Gasteiger partial charge in [-0.25, -0.2) is 9.78 Å². The molecular formula is C25H26N6O3S. The van der Waals surface area contributed by atoms with Gasteiger partial charge in [0.05, 0.1) is 12.8 Å². The van der Waals surface area contributed by atoms with Crippen LogP contribution < -0.4 is 15.6 Å². The van der Waals surface area contributed by atoms with Crippen molar-refractivity contribution >= 4 is 28.0 Å². The Morgan fingerprint density at radius 3 is 2.60 bits per heavy atom. The van der Waals surface area contributed by atoms with Gasteiger partial charge in [-0.3, -0.25) is 9.69 Å². The number of aryl methyl sites for hydroxylation is 1. The summed E-state index contributed by atoms with van der Waals surface area (Å²) in [6.07, 6.45) is 0.